The molecule has 1 aromatic carbocycles. The summed E-state index contributed by atoms with van der Waals surface area (Å²) in [6.45, 7) is 2.48. The largest absolute Gasteiger partial charge is 0.460 e. The van der Waals surface area contributed by atoms with Crippen molar-refractivity contribution in [3.63, 3.8) is 0 Å². The van der Waals surface area contributed by atoms with Gasteiger partial charge in [-0.2, -0.15) is 0 Å². The number of rotatable bonds is 8. The first-order valence-corrected chi connectivity index (χ1v) is 6.37. The van der Waals surface area contributed by atoms with Gasteiger partial charge in [-0.1, -0.05) is 0 Å². The van der Waals surface area contributed by atoms with Crippen molar-refractivity contribution in [2.45, 2.75) is 13.0 Å². The fraction of sp³-hybridized carbons (Fsp3) is 0.429. The zero-order valence-electron chi connectivity index (χ0n) is 10.7. The Bertz CT molecular complexity index is 512. The van der Waals surface area contributed by atoms with Crippen LogP contribution >= 0.6 is 0 Å². The fourth-order valence-electron chi connectivity index (χ4n) is 1.83. The highest BCUT2D eigenvalue weighted by molar-refractivity contribution is 5.77. The van der Waals surface area contributed by atoms with Gasteiger partial charge in [-0.3, -0.25) is 0 Å². The first-order valence-electron chi connectivity index (χ1n) is 6.37. The average molecular weight is 267 g/mol. The Kier molecular flexibility index (Phi) is 5.32. The van der Waals surface area contributed by atoms with Crippen molar-refractivity contribution < 1.29 is 18.7 Å². The SMILES string of the molecule is OCCOCCCNCc1cc2cc(F)ccc2o1. The molecule has 2 rings (SSSR count). The Hall–Kier alpha value is -1.43. The van der Waals surface area contributed by atoms with E-state index in [1.165, 1.54) is 12.1 Å². The zero-order valence-corrected chi connectivity index (χ0v) is 10.7. The van der Waals surface area contributed by atoms with Gasteiger partial charge < -0.3 is 19.6 Å². The molecule has 0 aliphatic heterocycles. The predicted octanol–water partition coefficient (Wildman–Crippen LogP) is 2.06. The smallest absolute Gasteiger partial charge is 0.134 e. The summed E-state index contributed by atoms with van der Waals surface area (Å²) in [5.41, 5.74) is 0.699. The second-order valence-electron chi connectivity index (χ2n) is 4.26. The number of hydrogen-bond acceptors (Lipinski definition) is 4. The Morgan fingerprint density at radius 3 is 3.00 bits per heavy atom. The number of benzene rings is 1. The quantitative estimate of drug-likeness (QED) is 0.719. The first-order chi connectivity index (χ1) is 9.29. The molecule has 104 valence electrons. The fourth-order valence-corrected chi connectivity index (χ4v) is 1.83. The van der Waals surface area contributed by atoms with Gasteiger partial charge in [0.1, 0.15) is 17.2 Å². The maximum absolute atomic E-state index is 13.0. The first kappa shape index (κ1) is 14.0. The van der Waals surface area contributed by atoms with E-state index in [-0.39, 0.29) is 12.4 Å². The number of aliphatic hydroxyl groups excluding tert-OH is 1. The molecule has 1 heterocycles. The average Bonchev–Trinajstić information content (AvgIpc) is 2.79. The summed E-state index contributed by atoms with van der Waals surface area (Å²) in [6, 6.07) is 6.33. The molecule has 0 amide bonds. The summed E-state index contributed by atoms with van der Waals surface area (Å²) in [7, 11) is 0. The zero-order chi connectivity index (χ0) is 13.5. The minimum atomic E-state index is -0.256. The van der Waals surface area contributed by atoms with Crippen molar-refractivity contribution in [2.75, 3.05) is 26.4 Å². The number of aliphatic hydroxyl groups is 1. The Morgan fingerprint density at radius 2 is 2.16 bits per heavy atom. The summed E-state index contributed by atoms with van der Waals surface area (Å²) < 4.78 is 23.7. The van der Waals surface area contributed by atoms with E-state index in [1.807, 2.05) is 6.07 Å². The molecule has 0 aliphatic carbocycles. The Morgan fingerprint density at radius 1 is 1.26 bits per heavy atom. The molecule has 0 unspecified atom stereocenters. The summed E-state index contributed by atoms with van der Waals surface area (Å²) in [4.78, 5) is 0. The van der Waals surface area contributed by atoms with Crippen molar-refractivity contribution in [3.05, 3.63) is 35.8 Å². The molecule has 0 fully saturated rings. The number of furan rings is 1. The molecule has 0 bridgehead atoms. The van der Waals surface area contributed by atoms with E-state index < -0.39 is 0 Å². The predicted molar refractivity (Wildman–Crippen MR) is 70.4 cm³/mol. The van der Waals surface area contributed by atoms with Crippen LogP contribution in [0.4, 0.5) is 4.39 Å². The van der Waals surface area contributed by atoms with Gasteiger partial charge in [0.2, 0.25) is 0 Å². The van der Waals surface area contributed by atoms with Crippen LogP contribution in [0.25, 0.3) is 11.0 Å². The van der Waals surface area contributed by atoms with Gasteiger partial charge in [-0.05, 0) is 37.2 Å². The molecule has 0 saturated carbocycles. The number of halogens is 1. The van der Waals surface area contributed by atoms with Crippen molar-refractivity contribution >= 4 is 11.0 Å². The van der Waals surface area contributed by atoms with Crippen LogP contribution in [-0.4, -0.2) is 31.5 Å². The van der Waals surface area contributed by atoms with Crippen LogP contribution in [0.5, 0.6) is 0 Å². The second kappa shape index (κ2) is 7.23. The molecule has 4 nitrogen and oxygen atoms in total. The second-order valence-corrected chi connectivity index (χ2v) is 4.26. The van der Waals surface area contributed by atoms with Gasteiger partial charge in [0, 0.05) is 12.0 Å². The van der Waals surface area contributed by atoms with Crippen molar-refractivity contribution in [1.29, 1.82) is 0 Å². The summed E-state index contributed by atoms with van der Waals surface area (Å²) in [5, 5.41) is 12.5. The summed E-state index contributed by atoms with van der Waals surface area (Å²) >= 11 is 0. The van der Waals surface area contributed by atoms with Crippen LogP contribution in [0.1, 0.15) is 12.2 Å². The molecule has 2 aromatic rings. The summed E-state index contributed by atoms with van der Waals surface area (Å²) in [5.74, 6) is 0.533. The molecular formula is C14H18FNO3. The van der Waals surface area contributed by atoms with Gasteiger partial charge in [0.25, 0.3) is 0 Å². The third-order valence-corrected chi connectivity index (χ3v) is 2.71. The van der Waals surface area contributed by atoms with Crippen molar-refractivity contribution in [1.82, 2.24) is 5.32 Å². The highest BCUT2D eigenvalue weighted by Crippen LogP contribution is 2.20. The summed E-state index contributed by atoms with van der Waals surface area (Å²) in [6.07, 6.45) is 0.870. The normalized spacial score (nSPS) is 11.3. The lowest BCUT2D eigenvalue weighted by atomic mass is 10.2. The van der Waals surface area contributed by atoms with Crippen LogP contribution in [0.2, 0.25) is 0 Å². The van der Waals surface area contributed by atoms with E-state index >= 15 is 0 Å². The van der Waals surface area contributed by atoms with E-state index in [2.05, 4.69) is 5.32 Å². The molecule has 0 spiro atoms. The highest BCUT2D eigenvalue weighted by Gasteiger charge is 2.04. The maximum Gasteiger partial charge on any atom is 0.134 e. The minimum absolute atomic E-state index is 0.0585. The van der Waals surface area contributed by atoms with Gasteiger partial charge in [0.15, 0.2) is 0 Å². The molecule has 19 heavy (non-hydrogen) atoms. The number of nitrogens with one attached hydrogen (secondary N) is 1. The third kappa shape index (κ3) is 4.31. The molecule has 0 atom stereocenters. The van der Waals surface area contributed by atoms with Crippen LogP contribution < -0.4 is 5.32 Å². The van der Waals surface area contributed by atoms with Gasteiger partial charge in [-0.15, -0.1) is 0 Å². The lowest BCUT2D eigenvalue weighted by molar-refractivity contribution is 0.0906. The number of ether oxygens (including phenoxy) is 1. The van der Waals surface area contributed by atoms with Gasteiger partial charge >= 0.3 is 0 Å². The lowest BCUT2D eigenvalue weighted by Gasteiger charge is -2.03. The van der Waals surface area contributed by atoms with E-state index in [9.17, 15) is 4.39 Å². The Labute approximate surface area is 111 Å². The van der Waals surface area contributed by atoms with E-state index in [0.29, 0.717) is 25.3 Å². The van der Waals surface area contributed by atoms with E-state index in [0.717, 1.165) is 24.1 Å². The number of hydrogen-bond donors (Lipinski definition) is 2. The molecular weight excluding hydrogens is 249 g/mol. The van der Waals surface area contributed by atoms with E-state index in [4.69, 9.17) is 14.3 Å². The highest BCUT2D eigenvalue weighted by atomic mass is 19.1. The van der Waals surface area contributed by atoms with Gasteiger partial charge in [-0.25, -0.2) is 4.39 Å². The Balaban J connectivity index is 1.72. The maximum atomic E-state index is 13.0. The van der Waals surface area contributed by atoms with Crippen LogP contribution in [0, 0.1) is 5.82 Å². The van der Waals surface area contributed by atoms with Crippen LogP contribution in [0.3, 0.4) is 0 Å². The molecule has 0 aliphatic rings. The van der Waals surface area contributed by atoms with Crippen LogP contribution in [0.15, 0.2) is 28.7 Å². The molecule has 5 heteroatoms. The van der Waals surface area contributed by atoms with Crippen LogP contribution in [-0.2, 0) is 11.3 Å². The topological polar surface area (TPSA) is 54.6 Å². The van der Waals surface area contributed by atoms with Crippen molar-refractivity contribution in [2.24, 2.45) is 0 Å². The molecule has 0 saturated heterocycles. The lowest BCUT2D eigenvalue weighted by Crippen LogP contribution is -2.16. The monoisotopic (exact) mass is 267 g/mol. The minimum Gasteiger partial charge on any atom is -0.460 e. The number of fused-ring (bicyclic) bond motifs is 1. The third-order valence-electron chi connectivity index (χ3n) is 2.71. The van der Waals surface area contributed by atoms with Gasteiger partial charge in [0.05, 0.1) is 19.8 Å². The van der Waals surface area contributed by atoms with Crippen molar-refractivity contribution in [3.8, 4) is 0 Å². The molecule has 0 radical (unpaired) electrons. The molecule has 2 N–H and O–H groups in total. The van der Waals surface area contributed by atoms with E-state index in [1.54, 1.807) is 6.07 Å². The molecule has 1 aromatic heterocycles. The standard InChI is InChI=1S/C14H18FNO3/c15-12-2-3-14-11(8-12)9-13(19-14)10-16-4-1-6-18-7-5-17/h2-3,8-9,16-17H,1,4-7,10H2.